The first kappa shape index (κ1) is 10.2. The monoisotopic (exact) mass is 284 g/mol. The molecule has 0 amide bonds. The SMILES string of the molecule is COC(=O)[C@H]1[C@H](I)[C@@H](C)O[C@H]1C. The van der Waals surface area contributed by atoms with Gasteiger partial charge in [0.2, 0.25) is 0 Å². The largest absolute Gasteiger partial charge is 0.469 e. The van der Waals surface area contributed by atoms with Crippen LogP contribution in [0.25, 0.3) is 0 Å². The van der Waals surface area contributed by atoms with Crippen LogP contribution in [0.3, 0.4) is 0 Å². The smallest absolute Gasteiger partial charge is 0.312 e. The molecule has 0 radical (unpaired) electrons. The molecule has 12 heavy (non-hydrogen) atoms. The summed E-state index contributed by atoms with van der Waals surface area (Å²) in [7, 11) is 1.42. The van der Waals surface area contributed by atoms with E-state index in [1.807, 2.05) is 13.8 Å². The summed E-state index contributed by atoms with van der Waals surface area (Å²) < 4.78 is 10.4. The Labute approximate surface area is 85.9 Å². The van der Waals surface area contributed by atoms with E-state index in [2.05, 4.69) is 22.6 Å². The fourth-order valence-corrected chi connectivity index (χ4v) is 2.55. The molecule has 1 aliphatic rings. The van der Waals surface area contributed by atoms with Gasteiger partial charge in [-0.05, 0) is 13.8 Å². The van der Waals surface area contributed by atoms with Gasteiger partial charge in [0.25, 0.3) is 0 Å². The van der Waals surface area contributed by atoms with Crippen molar-refractivity contribution < 1.29 is 14.3 Å². The first-order valence-corrected chi connectivity index (χ1v) is 5.20. The average Bonchev–Trinajstić information content (AvgIpc) is 2.26. The van der Waals surface area contributed by atoms with Crippen molar-refractivity contribution in [2.75, 3.05) is 7.11 Å². The van der Waals surface area contributed by atoms with Gasteiger partial charge in [-0.25, -0.2) is 0 Å². The van der Waals surface area contributed by atoms with Crippen LogP contribution in [0.5, 0.6) is 0 Å². The third-order valence-corrected chi connectivity index (χ3v) is 3.99. The summed E-state index contributed by atoms with van der Waals surface area (Å²) in [5, 5.41) is 0. The van der Waals surface area contributed by atoms with Gasteiger partial charge >= 0.3 is 5.97 Å². The van der Waals surface area contributed by atoms with E-state index in [0.717, 1.165) is 0 Å². The second-order valence-corrected chi connectivity index (χ2v) is 4.48. The number of carbonyl (C=O) groups excluding carboxylic acids is 1. The molecule has 70 valence electrons. The summed E-state index contributed by atoms with van der Waals surface area (Å²) >= 11 is 2.25. The minimum absolute atomic E-state index is 0.0191. The number of ether oxygens (including phenoxy) is 2. The number of halogens is 1. The topological polar surface area (TPSA) is 35.5 Å². The fourth-order valence-electron chi connectivity index (χ4n) is 1.51. The van der Waals surface area contributed by atoms with Gasteiger partial charge in [-0.2, -0.15) is 0 Å². The van der Waals surface area contributed by atoms with Gasteiger partial charge in [-0.1, -0.05) is 22.6 Å². The van der Waals surface area contributed by atoms with E-state index in [4.69, 9.17) is 9.47 Å². The Hall–Kier alpha value is 0.160. The maximum Gasteiger partial charge on any atom is 0.312 e. The number of hydrogen-bond donors (Lipinski definition) is 0. The number of carbonyl (C=O) groups is 1. The zero-order valence-corrected chi connectivity index (χ0v) is 9.57. The second kappa shape index (κ2) is 3.91. The molecule has 0 aliphatic carbocycles. The van der Waals surface area contributed by atoms with Crippen LogP contribution in [0.2, 0.25) is 0 Å². The molecule has 0 bridgehead atoms. The molecule has 3 nitrogen and oxygen atoms in total. The van der Waals surface area contributed by atoms with E-state index in [1.54, 1.807) is 0 Å². The Kier molecular flexibility index (Phi) is 3.34. The van der Waals surface area contributed by atoms with Crippen LogP contribution < -0.4 is 0 Å². The van der Waals surface area contributed by atoms with Crippen LogP contribution in [0.1, 0.15) is 13.8 Å². The van der Waals surface area contributed by atoms with Crippen LogP contribution in [0.15, 0.2) is 0 Å². The first-order chi connectivity index (χ1) is 5.57. The number of hydrogen-bond acceptors (Lipinski definition) is 3. The molecule has 1 rings (SSSR count). The number of rotatable bonds is 1. The van der Waals surface area contributed by atoms with E-state index in [9.17, 15) is 4.79 Å². The van der Waals surface area contributed by atoms with E-state index < -0.39 is 0 Å². The zero-order valence-electron chi connectivity index (χ0n) is 7.41. The molecular formula is C8H13IO3. The van der Waals surface area contributed by atoms with Gasteiger partial charge in [0.1, 0.15) is 0 Å². The van der Waals surface area contributed by atoms with E-state index in [0.29, 0.717) is 0 Å². The Bertz CT molecular complexity index is 183. The Morgan fingerprint density at radius 1 is 1.42 bits per heavy atom. The lowest BCUT2D eigenvalue weighted by Crippen LogP contribution is -2.29. The molecule has 1 fully saturated rings. The molecule has 1 aliphatic heterocycles. The van der Waals surface area contributed by atoms with Crippen LogP contribution in [-0.2, 0) is 14.3 Å². The van der Waals surface area contributed by atoms with Crippen molar-refractivity contribution in [2.45, 2.75) is 30.0 Å². The Morgan fingerprint density at radius 2 is 2.00 bits per heavy atom. The van der Waals surface area contributed by atoms with Crippen molar-refractivity contribution in [1.82, 2.24) is 0 Å². The number of alkyl halides is 1. The van der Waals surface area contributed by atoms with Gasteiger partial charge in [0.15, 0.2) is 0 Å². The summed E-state index contributed by atoms with van der Waals surface area (Å²) in [6.45, 7) is 3.90. The highest BCUT2D eigenvalue weighted by molar-refractivity contribution is 14.1. The van der Waals surface area contributed by atoms with Crippen molar-refractivity contribution in [3.63, 3.8) is 0 Å². The molecule has 0 aromatic heterocycles. The average molecular weight is 284 g/mol. The van der Waals surface area contributed by atoms with Crippen molar-refractivity contribution in [1.29, 1.82) is 0 Å². The maximum atomic E-state index is 11.3. The molecular weight excluding hydrogens is 271 g/mol. The third-order valence-electron chi connectivity index (χ3n) is 2.20. The second-order valence-electron chi connectivity index (χ2n) is 3.04. The van der Waals surface area contributed by atoms with Gasteiger partial charge in [-0.3, -0.25) is 4.79 Å². The highest BCUT2D eigenvalue weighted by Gasteiger charge is 2.43. The molecule has 4 heteroatoms. The molecule has 0 unspecified atom stereocenters. The summed E-state index contributed by atoms with van der Waals surface area (Å²) in [6, 6.07) is 0. The Balaban J connectivity index is 2.69. The van der Waals surface area contributed by atoms with E-state index in [1.165, 1.54) is 7.11 Å². The molecule has 0 aromatic carbocycles. The first-order valence-electron chi connectivity index (χ1n) is 3.95. The minimum Gasteiger partial charge on any atom is -0.469 e. The minimum atomic E-state index is -0.161. The molecule has 4 atom stereocenters. The zero-order chi connectivity index (χ0) is 9.30. The summed E-state index contributed by atoms with van der Waals surface area (Å²) in [4.78, 5) is 11.3. The standard InChI is InChI=1S/C8H13IO3/c1-4-6(8(10)11-3)7(9)5(2)12-4/h4-7H,1-3H3/t4-,5+,6+,7+/m0/s1. The van der Waals surface area contributed by atoms with Crippen molar-refractivity contribution in [3.05, 3.63) is 0 Å². The van der Waals surface area contributed by atoms with Gasteiger partial charge in [0, 0.05) is 0 Å². The number of methoxy groups -OCH3 is 1. The molecule has 0 spiro atoms. The van der Waals surface area contributed by atoms with Crippen LogP contribution in [0.4, 0.5) is 0 Å². The van der Waals surface area contributed by atoms with Crippen LogP contribution in [0, 0.1) is 5.92 Å². The molecule has 0 N–H and O–H groups in total. The normalized spacial score (nSPS) is 41.3. The molecule has 1 saturated heterocycles. The quantitative estimate of drug-likeness (QED) is 0.414. The number of esters is 1. The fraction of sp³-hybridized carbons (Fsp3) is 0.875. The van der Waals surface area contributed by atoms with Gasteiger partial charge in [-0.15, -0.1) is 0 Å². The highest BCUT2D eigenvalue weighted by atomic mass is 127. The van der Waals surface area contributed by atoms with Gasteiger partial charge < -0.3 is 9.47 Å². The summed E-state index contributed by atoms with van der Waals surface area (Å²) in [5.41, 5.74) is 0. The predicted octanol–water partition coefficient (Wildman–Crippen LogP) is 1.39. The lowest BCUT2D eigenvalue weighted by Gasteiger charge is -2.13. The van der Waals surface area contributed by atoms with Crippen molar-refractivity contribution >= 4 is 28.6 Å². The summed E-state index contributed by atoms with van der Waals surface area (Å²) in [6.07, 6.45) is 0.124. The maximum absolute atomic E-state index is 11.3. The molecule has 1 heterocycles. The van der Waals surface area contributed by atoms with Gasteiger partial charge in [0.05, 0.1) is 29.2 Å². The van der Waals surface area contributed by atoms with Crippen LogP contribution in [-0.4, -0.2) is 29.2 Å². The Morgan fingerprint density at radius 3 is 2.33 bits per heavy atom. The lowest BCUT2D eigenvalue weighted by molar-refractivity contribution is -0.146. The van der Waals surface area contributed by atoms with E-state index in [-0.39, 0.29) is 28.0 Å². The predicted molar refractivity (Wildman–Crippen MR) is 53.3 cm³/mol. The lowest BCUT2D eigenvalue weighted by atomic mass is 10.0. The van der Waals surface area contributed by atoms with Crippen molar-refractivity contribution in [2.24, 2.45) is 5.92 Å². The highest BCUT2D eigenvalue weighted by Crippen LogP contribution is 2.33. The van der Waals surface area contributed by atoms with Crippen LogP contribution >= 0.6 is 22.6 Å². The third kappa shape index (κ3) is 1.74. The molecule has 0 saturated carbocycles. The summed E-state index contributed by atoms with van der Waals surface area (Å²) in [5.74, 6) is -0.267. The molecule has 0 aromatic rings. The van der Waals surface area contributed by atoms with Crippen molar-refractivity contribution in [3.8, 4) is 0 Å². The van der Waals surface area contributed by atoms with E-state index >= 15 is 0 Å².